The van der Waals surface area contributed by atoms with E-state index >= 15 is 0 Å². The number of nitrogens with two attached hydrogens (primary N) is 2. The fourth-order valence-electron chi connectivity index (χ4n) is 5.55. The Morgan fingerprint density at radius 1 is 0.625 bits per heavy atom. The van der Waals surface area contributed by atoms with Crippen molar-refractivity contribution < 1.29 is 28.8 Å². The van der Waals surface area contributed by atoms with Crippen LogP contribution in [0.2, 0.25) is 0 Å². The summed E-state index contributed by atoms with van der Waals surface area (Å²) in [7, 11) is 0. The number of Topliss-reactive ketones (excluding diaryl/α,β-unsaturated/α-hetero) is 4. The molecule has 6 N–H and O–H groups in total. The van der Waals surface area contributed by atoms with Gasteiger partial charge in [-0.05, 0) is 51.6 Å². The number of ketones is 4. The molecule has 3 aliphatic rings. The molecule has 32 heavy (non-hydrogen) atoms. The van der Waals surface area contributed by atoms with Gasteiger partial charge in [-0.2, -0.15) is 0 Å². The molecule has 2 amide bonds. The fraction of sp³-hybridized carbons (Fsp3) is 0.727. The Morgan fingerprint density at radius 2 is 0.938 bits per heavy atom. The van der Waals surface area contributed by atoms with Gasteiger partial charge in [0.05, 0.1) is 0 Å². The van der Waals surface area contributed by atoms with Crippen molar-refractivity contribution in [2.24, 2.45) is 22.3 Å². The molecule has 1 aliphatic heterocycles. The van der Waals surface area contributed by atoms with Crippen molar-refractivity contribution in [2.75, 3.05) is 13.1 Å². The average Bonchev–Trinajstić information content (AvgIpc) is 2.76. The Labute approximate surface area is 186 Å². The highest BCUT2D eigenvalue weighted by Gasteiger charge is 2.62. The maximum Gasteiger partial charge on any atom is 0.244 e. The second kappa shape index (κ2) is 9.58. The maximum atomic E-state index is 13.3. The predicted octanol–water partition coefficient (Wildman–Crippen LogP) is -0.936. The van der Waals surface area contributed by atoms with Gasteiger partial charge in [0.2, 0.25) is 11.8 Å². The molecule has 10 heteroatoms. The molecule has 1 saturated heterocycles. The third kappa shape index (κ3) is 3.79. The van der Waals surface area contributed by atoms with E-state index in [2.05, 4.69) is 10.6 Å². The predicted molar refractivity (Wildman–Crippen MR) is 113 cm³/mol. The van der Waals surface area contributed by atoms with Gasteiger partial charge in [-0.15, -0.1) is 0 Å². The number of carbonyl (C=O) groups excluding carboxylic acids is 6. The lowest BCUT2D eigenvalue weighted by atomic mass is 9.61. The lowest BCUT2D eigenvalue weighted by Gasteiger charge is -2.47. The van der Waals surface area contributed by atoms with Crippen LogP contribution in [0.25, 0.3) is 0 Å². The number of piperazine rings is 1. The van der Waals surface area contributed by atoms with E-state index in [0.29, 0.717) is 25.7 Å². The summed E-state index contributed by atoms with van der Waals surface area (Å²) >= 11 is 0. The van der Waals surface area contributed by atoms with Crippen molar-refractivity contribution in [1.29, 1.82) is 0 Å². The van der Waals surface area contributed by atoms with E-state index in [-0.39, 0.29) is 74.7 Å². The van der Waals surface area contributed by atoms with Crippen molar-refractivity contribution in [3.05, 3.63) is 0 Å². The molecule has 0 spiro atoms. The molecule has 0 bridgehead atoms. The molecule has 2 aliphatic carbocycles. The van der Waals surface area contributed by atoms with Crippen molar-refractivity contribution in [1.82, 2.24) is 10.6 Å². The minimum atomic E-state index is -1.67. The summed E-state index contributed by atoms with van der Waals surface area (Å²) in [5.74, 6) is -3.00. The van der Waals surface area contributed by atoms with Gasteiger partial charge in [-0.25, -0.2) is 0 Å². The SMILES string of the molecule is NCCCC1(C2NC(=O)C(C3(CCCN)C(=O)CCCC3=O)NC2=O)C(=O)CCCC1=O. The number of carbonyl (C=O) groups is 6. The average molecular weight is 449 g/mol. The van der Waals surface area contributed by atoms with E-state index in [1.54, 1.807) is 0 Å². The van der Waals surface area contributed by atoms with E-state index in [4.69, 9.17) is 11.5 Å². The van der Waals surface area contributed by atoms with Crippen LogP contribution in [0.15, 0.2) is 0 Å². The third-order valence-electron chi connectivity index (χ3n) is 7.24. The Morgan fingerprint density at radius 3 is 1.22 bits per heavy atom. The van der Waals surface area contributed by atoms with Crippen LogP contribution in [0.4, 0.5) is 0 Å². The largest absolute Gasteiger partial charge is 0.341 e. The van der Waals surface area contributed by atoms with Crippen molar-refractivity contribution >= 4 is 34.9 Å². The van der Waals surface area contributed by atoms with Crippen LogP contribution in [0.1, 0.15) is 64.2 Å². The minimum absolute atomic E-state index is 0.0559. The summed E-state index contributed by atoms with van der Waals surface area (Å²) in [6.45, 7) is 0.441. The Bertz CT molecular complexity index is 738. The normalized spacial score (nSPS) is 27.8. The highest BCUT2D eigenvalue weighted by Crippen LogP contribution is 2.42. The third-order valence-corrected chi connectivity index (χ3v) is 7.24. The number of rotatable bonds is 8. The lowest BCUT2D eigenvalue weighted by molar-refractivity contribution is -0.161. The van der Waals surface area contributed by atoms with E-state index in [1.165, 1.54) is 0 Å². The first-order valence-corrected chi connectivity index (χ1v) is 11.4. The molecule has 3 fully saturated rings. The van der Waals surface area contributed by atoms with Crippen LogP contribution in [0, 0.1) is 10.8 Å². The van der Waals surface area contributed by atoms with Crippen LogP contribution in [0.3, 0.4) is 0 Å². The lowest BCUT2D eigenvalue weighted by Crippen LogP contribution is -2.74. The summed E-state index contributed by atoms with van der Waals surface area (Å²) in [5.41, 5.74) is 7.86. The van der Waals surface area contributed by atoms with Crippen LogP contribution in [-0.4, -0.2) is 60.1 Å². The molecule has 10 nitrogen and oxygen atoms in total. The Kier molecular flexibility index (Phi) is 7.24. The second-order valence-electron chi connectivity index (χ2n) is 9.01. The summed E-state index contributed by atoms with van der Waals surface area (Å²) in [6, 6.07) is -2.78. The second-order valence-corrected chi connectivity index (χ2v) is 9.01. The molecule has 0 aromatic heterocycles. The van der Waals surface area contributed by atoms with Gasteiger partial charge >= 0.3 is 0 Å². The molecule has 176 valence electrons. The van der Waals surface area contributed by atoms with Gasteiger partial charge in [0.15, 0.2) is 0 Å². The zero-order valence-corrected chi connectivity index (χ0v) is 18.2. The first-order valence-electron chi connectivity index (χ1n) is 11.4. The van der Waals surface area contributed by atoms with Gasteiger partial charge in [-0.3, -0.25) is 28.8 Å². The Hall–Kier alpha value is -2.46. The van der Waals surface area contributed by atoms with Crippen molar-refractivity contribution in [3.8, 4) is 0 Å². The Balaban J connectivity index is 1.97. The molecular formula is C22H32N4O6. The summed E-state index contributed by atoms with van der Waals surface area (Å²) in [6.07, 6.45) is 2.12. The van der Waals surface area contributed by atoms with Gasteiger partial charge in [-0.1, -0.05) is 0 Å². The zero-order valence-electron chi connectivity index (χ0n) is 18.2. The summed E-state index contributed by atoms with van der Waals surface area (Å²) in [4.78, 5) is 78.4. The van der Waals surface area contributed by atoms with E-state index in [9.17, 15) is 28.8 Å². The van der Waals surface area contributed by atoms with Crippen LogP contribution >= 0.6 is 0 Å². The van der Waals surface area contributed by atoms with Crippen molar-refractivity contribution in [2.45, 2.75) is 76.3 Å². The van der Waals surface area contributed by atoms with Gasteiger partial charge < -0.3 is 22.1 Å². The summed E-state index contributed by atoms with van der Waals surface area (Å²) < 4.78 is 0. The number of amides is 2. The molecule has 2 unspecified atom stereocenters. The van der Waals surface area contributed by atoms with E-state index < -0.39 is 34.7 Å². The van der Waals surface area contributed by atoms with Crippen LogP contribution < -0.4 is 22.1 Å². The van der Waals surface area contributed by atoms with Crippen LogP contribution in [0.5, 0.6) is 0 Å². The van der Waals surface area contributed by atoms with Crippen molar-refractivity contribution in [3.63, 3.8) is 0 Å². The molecule has 3 rings (SSSR count). The van der Waals surface area contributed by atoms with E-state index in [0.717, 1.165) is 0 Å². The molecule has 0 aromatic rings. The zero-order chi connectivity index (χ0) is 23.5. The number of hydrogen-bond acceptors (Lipinski definition) is 8. The standard InChI is InChI=1S/C22H32N4O6/c23-11-3-9-21(13(27)5-1-6-14(21)28)17-19(31)26-18(20(32)25-17)22(10-4-12-24)15(29)7-2-8-16(22)30/h17-18H,1-12,23-24H2,(H,25,32)(H,26,31). The monoisotopic (exact) mass is 448 g/mol. The molecule has 0 aromatic carbocycles. The number of nitrogens with one attached hydrogen (secondary N) is 2. The van der Waals surface area contributed by atoms with Gasteiger partial charge in [0, 0.05) is 25.7 Å². The summed E-state index contributed by atoms with van der Waals surface area (Å²) in [5, 5.41) is 5.13. The first kappa shape index (κ1) is 24.2. The van der Waals surface area contributed by atoms with E-state index in [1.807, 2.05) is 0 Å². The number of hydrogen-bond donors (Lipinski definition) is 4. The van der Waals surface area contributed by atoms with Crippen LogP contribution in [-0.2, 0) is 28.8 Å². The smallest absolute Gasteiger partial charge is 0.244 e. The topological polar surface area (TPSA) is 179 Å². The highest BCUT2D eigenvalue weighted by molar-refractivity contribution is 6.18. The highest BCUT2D eigenvalue weighted by atomic mass is 16.2. The maximum absolute atomic E-state index is 13.3. The molecule has 2 atom stereocenters. The molecule has 1 heterocycles. The molecular weight excluding hydrogens is 416 g/mol. The molecule has 2 saturated carbocycles. The van der Waals surface area contributed by atoms with Gasteiger partial charge in [0.1, 0.15) is 46.0 Å². The minimum Gasteiger partial charge on any atom is -0.341 e. The molecule has 0 radical (unpaired) electrons. The quantitative estimate of drug-likeness (QED) is 0.344. The van der Waals surface area contributed by atoms with Gasteiger partial charge in [0.25, 0.3) is 0 Å². The first-order chi connectivity index (χ1) is 15.3. The fourth-order valence-corrected chi connectivity index (χ4v) is 5.55.